The molecule has 2 unspecified atom stereocenters. The highest BCUT2D eigenvalue weighted by molar-refractivity contribution is 8.01. The third kappa shape index (κ3) is 2.73. The Hall–Kier alpha value is -1.74. The summed E-state index contributed by atoms with van der Waals surface area (Å²) >= 11 is 1.67. The molecule has 2 aromatic rings. The van der Waals surface area contributed by atoms with Gasteiger partial charge in [-0.25, -0.2) is 0 Å². The van der Waals surface area contributed by atoms with Crippen LogP contribution in [0.25, 0.3) is 0 Å². The lowest BCUT2D eigenvalue weighted by atomic mass is 10.1. The number of benzene rings is 2. The molecular formula is C17H17NOS. The smallest absolute Gasteiger partial charge is 0.234 e. The van der Waals surface area contributed by atoms with Crippen molar-refractivity contribution in [3.8, 4) is 0 Å². The molecule has 2 nitrogen and oxygen atoms in total. The summed E-state index contributed by atoms with van der Waals surface area (Å²) < 4.78 is 0. The van der Waals surface area contributed by atoms with Gasteiger partial charge in [-0.05, 0) is 30.5 Å². The summed E-state index contributed by atoms with van der Waals surface area (Å²) in [7, 11) is 0. The normalized spacial score (nSPS) is 18.4. The highest BCUT2D eigenvalue weighted by Crippen LogP contribution is 2.37. The van der Waals surface area contributed by atoms with Crippen molar-refractivity contribution in [1.29, 1.82) is 0 Å². The average Bonchev–Trinajstić information content (AvgIpc) is 2.92. The summed E-state index contributed by atoms with van der Waals surface area (Å²) in [6.07, 6.45) is 0.828. The van der Waals surface area contributed by atoms with E-state index in [2.05, 4.69) is 17.4 Å². The van der Waals surface area contributed by atoms with Gasteiger partial charge in [0.25, 0.3) is 0 Å². The van der Waals surface area contributed by atoms with Crippen molar-refractivity contribution in [2.24, 2.45) is 0 Å². The summed E-state index contributed by atoms with van der Waals surface area (Å²) in [4.78, 5) is 13.6. The Morgan fingerprint density at radius 3 is 2.60 bits per heavy atom. The zero-order valence-electron chi connectivity index (χ0n) is 11.4. The summed E-state index contributed by atoms with van der Waals surface area (Å²) in [5.41, 5.74) is 2.42. The van der Waals surface area contributed by atoms with Crippen LogP contribution in [0.3, 0.4) is 0 Å². The Balaban J connectivity index is 1.64. The lowest BCUT2D eigenvalue weighted by molar-refractivity contribution is -0.121. The number of hydrogen-bond acceptors (Lipinski definition) is 2. The van der Waals surface area contributed by atoms with Crippen LogP contribution in [-0.4, -0.2) is 11.2 Å². The number of hydrogen-bond donors (Lipinski definition) is 1. The number of fused-ring (bicyclic) bond motifs is 1. The van der Waals surface area contributed by atoms with Crippen LogP contribution in [0.1, 0.15) is 24.1 Å². The molecule has 20 heavy (non-hydrogen) atoms. The quantitative estimate of drug-likeness (QED) is 0.933. The summed E-state index contributed by atoms with van der Waals surface area (Å²) in [6, 6.07) is 18.4. The monoisotopic (exact) mass is 283 g/mol. The second-order valence-electron chi connectivity index (χ2n) is 5.06. The van der Waals surface area contributed by atoms with E-state index in [4.69, 9.17) is 0 Å². The minimum absolute atomic E-state index is 0.00133. The second kappa shape index (κ2) is 5.71. The van der Waals surface area contributed by atoms with Crippen LogP contribution in [0.4, 0.5) is 0 Å². The van der Waals surface area contributed by atoms with Crippen molar-refractivity contribution in [2.45, 2.75) is 29.5 Å². The number of carbonyl (C=O) groups is 1. The maximum atomic E-state index is 12.4. The molecule has 1 aliphatic rings. The Bertz CT molecular complexity index is 586. The second-order valence-corrected chi connectivity index (χ2v) is 6.30. The number of carbonyl (C=O) groups excluding carboxylic acids is 1. The lowest BCUT2D eigenvalue weighted by Gasteiger charge is -2.17. The van der Waals surface area contributed by atoms with E-state index < -0.39 is 0 Å². The number of rotatable bonds is 3. The van der Waals surface area contributed by atoms with E-state index in [1.807, 2.05) is 49.4 Å². The fraction of sp³-hybridized carbons (Fsp3) is 0.235. The van der Waals surface area contributed by atoms with Gasteiger partial charge in [-0.1, -0.05) is 48.5 Å². The fourth-order valence-electron chi connectivity index (χ4n) is 2.46. The van der Waals surface area contributed by atoms with E-state index in [0.717, 1.165) is 12.0 Å². The van der Waals surface area contributed by atoms with Gasteiger partial charge < -0.3 is 5.32 Å². The van der Waals surface area contributed by atoms with Crippen molar-refractivity contribution in [3.63, 3.8) is 0 Å². The molecule has 0 aliphatic carbocycles. The van der Waals surface area contributed by atoms with Crippen LogP contribution in [0.2, 0.25) is 0 Å². The van der Waals surface area contributed by atoms with E-state index in [0.29, 0.717) is 0 Å². The molecule has 0 spiro atoms. The molecule has 1 aliphatic heterocycles. The fourth-order valence-corrected chi connectivity index (χ4v) is 3.66. The van der Waals surface area contributed by atoms with Crippen LogP contribution in [0.5, 0.6) is 0 Å². The van der Waals surface area contributed by atoms with Crippen LogP contribution in [0.15, 0.2) is 59.5 Å². The summed E-state index contributed by atoms with van der Waals surface area (Å²) in [6.45, 7) is 2.03. The topological polar surface area (TPSA) is 29.1 Å². The van der Waals surface area contributed by atoms with Gasteiger partial charge in [0, 0.05) is 4.90 Å². The minimum atomic E-state index is -0.00133. The molecule has 1 heterocycles. The molecule has 3 rings (SSSR count). The molecule has 0 fully saturated rings. The Kier molecular flexibility index (Phi) is 3.79. The third-order valence-electron chi connectivity index (χ3n) is 3.60. The van der Waals surface area contributed by atoms with Crippen LogP contribution < -0.4 is 5.32 Å². The van der Waals surface area contributed by atoms with Crippen LogP contribution >= 0.6 is 11.8 Å². The Labute approximate surface area is 123 Å². The van der Waals surface area contributed by atoms with E-state index in [-0.39, 0.29) is 17.2 Å². The van der Waals surface area contributed by atoms with Gasteiger partial charge in [-0.2, -0.15) is 0 Å². The summed E-state index contributed by atoms with van der Waals surface area (Å²) in [5.74, 6) is 0.127. The highest BCUT2D eigenvalue weighted by Gasteiger charge is 2.28. The van der Waals surface area contributed by atoms with Gasteiger partial charge >= 0.3 is 0 Å². The molecule has 1 N–H and O–H groups in total. The van der Waals surface area contributed by atoms with Gasteiger partial charge in [0.1, 0.15) is 0 Å². The maximum absolute atomic E-state index is 12.4. The molecule has 2 atom stereocenters. The molecule has 1 amide bonds. The predicted octanol–water partition coefficient (Wildman–Crippen LogP) is 3.58. The standard InChI is InChI=1S/C17H17NOS/c1-12(13-7-3-2-4-8-13)18-17(19)16-11-14-9-5-6-10-15(14)20-16/h2-10,12,16H,11H2,1H3,(H,18,19). The van der Waals surface area contributed by atoms with Gasteiger partial charge in [0.15, 0.2) is 0 Å². The predicted molar refractivity (Wildman–Crippen MR) is 82.8 cm³/mol. The van der Waals surface area contributed by atoms with Gasteiger partial charge in [-0.3, -0.25) is 4.79 Å². The van der Waals surface area contributed by atoms with Crippen LogP contribution in [0, 0.1) is 0 Å². The molecular weight excluding hydrogens is 266 g/mol. The first-order valence-corrected chi connectivity index (χ1v) is 7.72. The first kappa shape index (κ1) is 13.3. The van der Waals surface area contributed by atoms with Crippen molar-refractivity contribution < 1.29 is 4.79 Å². The van der Waals surface area contributed by atoms with E-state index in [1.54, 1.807) is 11.8 Å². The molecule has 3 heteroatoms. The maximum Gasteiger partial charge on any atom is 0.234 e. The SMILES string of the molecule is CC(NC(=O)C1Cc2ccccc2S1)c1ccccc1. The summed E-state index contributed by atoms with van der Waals surface area (Å²) in [5, 5.41) is 3.11. The third-order valence-corrected chi connectivity index (χ3v) is 4.92. The zero-order chi connectivity index (χ0) is 13.9. The molecule has 0 bridgehead atoms. The molecule has 102 valence electrons. The minimum Gasteiger partial charge on any atom is -0.349 e. The van der Waals surface area contributed by atoms with E-state index >= 15 is 0 Å². The first-order chi connectivity index (χ1) is 9.74. The average molecular weight is 283 g/mol. The molecule has 0 radical (unpaired) electrons. The lowest BCUT2D eigenvalue weighted by Crippen LogP contribution is -2.34. The Morgan fingerprint density at radius 1 is 1.15 bits per heavy atom. The highest BCUT2D eigenvalue weighted by atomic mass is 32.2. The molecule has 2 aromatic carbocycles. The van der Waals surface area contributed by atoms with Crippen molar-refractivity contribution >= 4 is 17.7 Å². The van der Waals surface area contributed by atoms with Crippen molar-refractivity contribution in [3.05, 3.63) is 65.7 Å². The van der Waals surface area contributed by atoms with E-state index in [1.165, 1.54) is 10.5 Å². The van der Waals surface area contributed by atoms with Crippen molar-refractivity contribution in [1.82, 2.24) is 5.32 Å². The van der Waals surface area contributed by atoms with Gasteiger partial charge in [0.2, 0.25) is 5.91 Å². The van der Waals surface area contributed by atoms with Crippen LogP contribution in [-0.2, 0) is 11.2 Å². The first-order valence-electron chi connectivity index (χ1n) is 6.84. The molecule has 0 aromatic heterocycles. The van der Waals surface area contributed by atoms with Gasteiger partial charge in [-0.15, -0.1) is 11.8 Å². The number of nitrogens with one attached hydrogen (secondary N) is 1. The molecule has 0 saturated carbocycles. The van der Waals surface area contributed by atoms with Crippen molar-refractivity contribution in [2.75, 3.05) is 0 Å². The number of amides is 1. The largest absolute Gasteiger partial charge is 0.349 e. The Morgan fingerprint density at radius 2 is 1.85 bits per heavy atom. The molecule has 0 saturated heterocycles. The van der Waals surface area contributed by atoms with Gasteiger partial charge in [0.05, 0.1) is 11.3 Å². The zero-order valence-corrected chi connectivity index (χ0v) is 12.2. The van der Waals surface area contributed by atoms with E-state index in [9.17, 15) is 4.79 Å². The number of thioether (sulfide) groups is 1.